The van der Waals surface area contributed by atoms with E-state index in [-0.39, 0.29) is 43.7 Å². The number of thiol groups is 1. The molecule has 0 aliphatic heterocycles. The van der Waals surface area contributed by atoms with E-state index < -0.39 is 53.2 Å². The molecule has 11 nitrogen and oxygen atoms in total. The quantitative estimate of drug-likeness (QED) is 0.00848. The predicted octanol–water partition coefficient (Wildman–Crippen LogP) is 10.1. The third-order valence-corrected chi connectivity index (χ3v) is 13.2. The van der Waals surface area contributed by atoms with Gasteiger partial charge in [-0.05, 0) is 83.6 Å². The van der Waals surface area contributed by atoms with Gasteiger partial charge in [-0.3, -0.25) is 24.0 Å². The van der Waals surface area contributed by atoms with E-state index >= 15 is 0 Å². The fourth-order valence-corrected chi connectivity index (χ4v) is 8.75. The monoisotopic (exact) mass is 927 g/mol. The van der Waals surface area contributed by atoms with Crippen LogP contribution in [0.5, 0.6) is 0 Å². The van der Waals surface area contributed by atoms with E-state index in [0.717, 1.165) is 87.8 Å². The molecule has 7 N–H and O–H groups in total. The van der Waals surface area contributed by atoms with Crippen molar-refractivity contribution in [3.63, 3.8) is 0 Å². The van der Waals surface area contributed by atoms with Crippen molar-refractivity contribution in [1.82, 2.24) is 0 Å². The maximum Gasteiger partial charge on any atom is 0.323 e. The number of unbranched alkanes of at least 4 members (excludes halogenated alkanes) is 22. The molecule has 0 aromatic heterocycles. The summed E-state index contributed by atoms with van der Waals surface area (Å²) in [6.07, 6.45) is 36.3. The van der Waals surface area contributed by atoms with E-state index in [1.165, 1.54) is 77.0 Å². The van der Waals surface area contributed by atoms with Gasteiger partial charge in [-0.25, -0.2) is 0 Å². The summed E-state index contributed by atoms with van der Waals surface area (Å²) in [4.78, 5) is 61.5. The number of carbonyl (C=O) groups is 5. The first-order valence-electron chi connectivity index (χ1n) is 24.9. The van der Waals surface area contributed by atoms with Crippen molar-refractivity contribution < 1.29 is 44.0 Å². The number of hydrogen-bond donors (Lipinski definition) is 6. The fraction of sp³-hybridized carbons (Fsp3) is 0.820. The second kappa shape index (κ2) is 41.6. The Balaban J connectivity index is 0.00000301. The number of ether oxygens (including phenoxy) is 1. The predicted molar refractivity (Wildman–Crippen MR) is 263 cm³/mol. The topological polar surface area (TPSA) is 207 Å². The Morgan fingerprint density at radius 1 is 0.683 bits per heavy atom. The van der Waals surface area contributed by atoms with Crippen LogP contribution in [0, 0.1) is 0 Å². The first-order valence-corrected chi connectivity index (χ1v) is 26.8. The Bertz CT molecular complexity index is 1210. The number of allylic oxidation sites excluding steroid dienone is 4. The standard InChI is InChI=1S/C44H82N2O6.C6H8O3S2/c1-3-5-7-9-11-13-15-17-19-21-23-25-27-29-31-35-40(48)44(51,42(38-47)52-43(50)39(46)34-33-37-45)41(49)36-32-30-28-26-24-22-20-18-16-14-12-10-8-6-4-2;7-3-1-2-4(8)6(11-10)5(3)9/h17-20,39,42,47,51H,3-16,21-38,45-46H2,1-2H3;5-6,9-10H,1-2H2/b19-17-,20-18-;/t39-,42-;/m0./s1. The lowest BCUT2D eigenvalue weighted by molar-refractivity contribution is -0.181. The summed E-state index contributed by atoms with van der Waals surface area (Å²) in [6.45, 7) is 3.97. The first-order chi connectivity index (χ1) is 30.5. The molecule has 0 saturated heterocycles. The van der Waals surface area contributed by atoms with Crippen LogP contribution in [-0.4, -0.2) is 86.7 Å². The first kappa shape index (κ1) is 61.1. The van der Waals surface area contributed by atoms with E-state index in [2.05, 4.69) is 49.8 Å². The van der Waals surface area contributed by atoms with Gasteiger partial charge in [0.1, 0.15) is 23.2 Å². The van der Waals surface area contributed by atoms with Gasteiger partial charge in [-0.15, -0.1) is 11.7 Å². The van der Waals surface area contributed by atoms with Crippen molar-refractivity contribution >= 4 is 51.6 Å². The lowest BCUT2D eigenvalue weighted by Gasteiger charge is -2.33. The molecule has 366 valence electrons. The van der Waals surface area contributed by atoms with Crippen molar-refractivity contribution in [3.05, 3.63) is 24.3 Å². The van der Waals surface area contributed by atoms with Gasteiger partial charge < -0.3 is 31.5 Å². The molecule has 1 fully saturated rings. The highest BCUT2D eigenvalue weighted by molar-refractivity contribution is 8.69. The Labute approximate surface area is 391 Å². The molecule has 0 bridgehead atoms. The molecule has 0 aromatic carbocycles. The third kappa shape index (κ3) is 29.4. The number of esters is 1. The number of Topliss-reactive ketones (excluding diaryl/α,β-unsaturated/α-hetero) is 4. The van der Waals surface area contributed by atoms with Crippen molar-refractivity contribution in [2.75, 3.05) is 13.2 Å². The molecule has 0 radical (unpaired) electrons. The maximum absolute atomic E-state index is 13.5. The molecule has 63 heavy (non-hydrogen) atoms. The zero-order valence-corrected chi connectivity index (χ0v) is 41.2. The Morgan fingerprint density at radius 2 is 1.06 bits per heavy atom. The fourth-order valence-electron chi connectivity index (χ4n) is 7.54. The van der Waals surface area contributed by atoms with Gasteiger partial charge in [-0.2, -0.15) is 0 Å². The number of aliphatic hydroxyl groups is 3. The van der Waals surface area contributed by atoms with E-state index in [4.69, 9.17) is 21.3 Å². The number of ketones is 4. The van der Waals surface area contributed by atoms with Crippen LogP contribution >= 0.6 is 22.5 Å². The van der Waals surface area contributed by atoms with Gasteiger partial charge in [0.05, 0.1) is 6.61 Å². The van der Waals surface area contributed by atoms with E-state index in [9.17, 15) is 34.2 Å². The van der Waals surface area contributed by atoms with E-state index in [0.29, 0.717) is 25.8 Å². The van der Waals surface area contributed by atoms with Crippen LogP contribution < -0.4 is 11.5 Å². The van der Waals surface area contributed by atoms with Crippen molar-refractivity contribution in [2.45, 2.75) is 248 Å². The molecule has 0 amide bonds. The summed E-state index contributed by atoms with van der Waals surface area (Å²) in [5.74, 6) is -2.61. The molecule has 0 heterocycles. The number of rotatable bonds is 40. The summed E-state index contributed by atoms with van der Waals surface area (Å²) >= 11 is 3.81. The van der Waals surface area contributed by atoms with Crippen molar-refractivity contribution in [2.24, 2.45) is 11.5 Å². The molecule has 0 aromatic rings. The summed E-state index contributed by atoms with van der Waals surface area (Å²) in [5, 5.41) is 30.3. The molecule has 2 unspecified atom stereocenters. The zero-order valence-electron chi connectivity index (χ0n) is 39.5. The summed E-state index contributed by atoms with van der Waals surface area (Å²) in [6, 6.07) is -1.03. The minimum Gasteiger partial charge on any atom is -0.455 e. The van der Waals surface area contributed by atoms with Gasteiger partial charge in [0.25, 0.3) is 0 Å². The highest BCUT2D eigenvalue weighted by Gasteiger charge is 2.51. The highest BCUT2D eigenvalue weighted by atomic mass is 33.1. The lowest BCUT2D eigenvalue weighted by Crippen LogP contribution is -2.59. The molecular weight excluding hydrogens is 837 g/mol. The van der Waals surface area contributed by atoms with E-state index in [1.54, 1.807) is 0 Å². The summed E-state index contributed by atoms with van der Waals surface area (Å²) in [7, 11) is 0.940. The van der Waals surface area contributed by atoms with Gasteiger partial charge in [-0.1, -0.05) is 152 Å². The molecule has 1 aliphatic carbocycles. The largest absolute Gasteiger partial charge is 0.455 e. The molecule has 13 heteroatoms. The number of carbonyl (C=O) groups excluding carboxylic acids is 5. The second-order valence-electron chi connectivity index (χ2n) is 17.3. The smallest absolute Gasteiger partial charge is 0.323 e. The summed E-state index contributed by atoms with van der Waals surface area (Å²) < 4.78 is 5.36. The van der Waals surface area contributed by atoms with Gasteiger partial charge in [0.2, 0.25) is 5.60 Å². The maximum atomic E-state index is 13.5. The van der Waals surface area contributed by atoms with Crippen molar-refractivity contribution in [3.8, 4) is 0 Å². The zero-order chi connectivity index (χ0) is 47.0. The van der Waals surface area contributed by atoms with Gasteiger partial charge >= 0.3 is 5.97 Å². The molecule has 1 rings (SSSR count). The van der Waals surface area contributed by atoms with Crippen LogP contribution in [0.3, 0.4) is 0 Å². The minimum absolute atomic E-state index is 0.0277. The highest BCUT2D eigenvalue weighted by Crippen LogP contribution is 2.27. The summed E-state index contributed by atoms with van der Waals surface area (Å²) in [5.41, 5.74) is 8.86. The Hall–Kier alpha value is -1.87. The SMILES string of the molecule is CCCCCCCC/C=C\CCCCCCCC(=O)C(O)(C(=O)CCCCCCC/C=C\CCCCCCCC)[C@H](CO)OC(=O)[C@@H](N)CCCN.O=C1CCC(=O)C(SS)C1O. The molecular formula is C50H90N2O9S2. The third-order valence-electron chi connectivity index (χ3n) is 11.8. The Kier molecular flexibility index (Phi) is 40.3. The van der Waals surface area contributed by atoms with E-state index in [1.807, 2.05) is 0 Å². The second-order valence-corrected chi connectivity index (χ2v) is 18.7. The van der Waals surface area contributed by atoms with Crippen LogP contribution in [0.2, 0.25) is 0 Å². The number of nitrogens with two attached hydrogens (primary N) is 2. The van der Waals surface area contributed by atoms with Crippen LogP contribution in [0.15, 0.2) is 24.3 Å². The average Bonchev–Trinajstić information content (AvgIpc) is 3.28. The lowest BCUT2D eigenvalue weighted by atomic mass is 9.82. The molecule has 4 atom stereocenters. The molecule has 1 aliphatic rings. The normalized spacial score (nSPS) is 16.6. The van der Waals surface area contributed by atoms with Crippen LogP contribution in [0.4, 0.5) is 0 Å². The van der Waals surface area contributed by atoms with Crippen molar-refractivity contribution in [1.29, 1.82) is 0 Å². The van der Waals surface area contributed by atoms with Gasteiger partial charge in [0.15, 0.2) is 23.5 Å². The van der Waals surface area contributed by atoms with Crippen LogP contribution in [-0.2, 0) is 28.7 Å². The number of hydrogen-bond acceptors (Lipinski definition) is 13. The minimum atomic E-state index is -2.60. The number of aliphatic hydroxyl groups excluding tert-OH is 2. The molecule has 0 spiro atoms. The van der Waals surface area contributed by atoms with Gasteiger partial charge in [0, 0.05) is 25.7 Å². The Morgan fingerprint density at radius 3 is 1.43 bits per heavy atom. The molecule has 1 saturated carbocycles. The van der Waals surface area contributed by atoms with Crippen LogP contribution in [0.1, 0.15) is 219 Å². The average molecular weight is 927 g/mol. The van der Waals surface area contributed by atoms with Crippen LogP contribution in [0.25, 0.3) is 0 Å².